The number of carbonyl (C=O) groups is 2. The molecule has 0 aromatic carbocycles. The van der Waals surface area contributed by atoms with Gasteiger partial charge in [-0.1, -0.05) is 19.3 Å². The molecule has 25 heavy (non-hydrogen) atoms. The van der Waals surface area contributed by atoms with E-state index in [1.54, 1.807) is 6.20 Å². The fraction of sp³-hybridized carbons (Fsp3) is 0.611. The number of pyridine rings is 1. The lowest BCUT2D eigenvalue weighted by Crippen LogP contribution is -2.51. The first-order valence-corrected chi connectivity index (χ1v) is 9.14. The van der Waals surface area contributed by atoms with Crippen molar-refractivity contribution >= 4 is 17.5 Å². The molecule has 1 saturated carbocycles. The Kier molecular flexibility index (Phi) is 5.86. The first kappa shape index (κ1) is 17.7. The maximum absolute atomic E-state index is 12.2. The Hall–Kier alpha value is -2.15. The highest BCUT2D eigenvalue weighted by molar-refractivity contribution is 5.98. The van der Waals surface area contributed by atoms with Crippen molar-refractivity contribution in [1.82, 2.24) is 15.2 Å². The van der Waals surface area contributed by atoms with Crippen molar-refractivity contribution in [2.75, 3.05) is 37.6 Å². The summed E-state index contributed by atoms with van der Waals surface area (Å²) in [6.45, 7) is 3.56. The molecule has 1 aliphatic carbocycles. The minimum absolute atomic E-state index is 0.127. The second kappa shape index (κ2) is 8.29. The lowest BCUT2D eigenvalue weighted by molar-refractivity contribution is -0.123. The van der Waals surface area contributed by atoms with E-state index in [0.717, 1.165) is 44.7 Å². The fourth-order valence-corrected chi connectivity index (χ4v) is 3.72. The third kappa shape index (κ3) is 4.69. The van der Waals surface area contributed by atoms with Crippen LogP contribution < -0.4 is 16.0 Å². The van der Waals surface area contributed by atoms with E-state index in [0.29, 0.717) is 18.2 Å². The molecule has 2 fully saturated rings. The molecule has 7 heteroatoms. The van der Waals surface area contributed by atoms with Crippen LogP contribution in [0.5, 0.6) is 0 Å². The van der Waals surface area contributed by atoms with Gasteiger partial charge >= 0.3 is 0 Å². The summed E-state index contributed by atoms with van der Waals surface area (Å²) in [4.78, 5) is 32.1. The van der Waals surface area contributed by atoms with Crippen molar-refractivity contribution in [1.29, 1.82) is 0 Å². The summed E-state index contributed by atoms with van der Waals surface area (Å²) in [6.07, 6.45) is 9.13. The van der Waals surface area contributed by atoms with Gasteiger partial charge in [-0.3, -0.25) is 19.5 Å². The van der Waals surface area contributed by atoms with E-state index in [2.05, 4.69) is 20.1 Å². The number of primary amides is 1. The predicted octanol–water partition coefficient (Wildman–Crippen LogP) is 0.751. The first-order chi connectivity index (χ1) is 12.1. The normalized spacial score (nSPS) is 19.6. The Morgan fingerprint density at radius 2 is 1.88 bits per heavy atom. The molecule has 1 aliphatic heterocycles. The molecule has 0 spiro atoms. The summed E-state index contributed by atoms with van der Waals surface area (Å²) in [5, 5.41) is 3.17. The highest BCUT2D eigenvalue weighted by atomic mass is 16.2. The van der Waals surface area contributed by atoms with Gasteiger partial charge in [-0.05, 0) is 18.9 Å². The average molecular weight is 345 g/mol. The molecule has 2 heterocycles. The van der Waals surface area contributed by atoms with Crippen LogP contribution in [0.25, 0.3) is 0 Å². The van der Waals surface area contributed by atoms with Crippen LogP contribution in [-0.4, -0.2) is 60.5 Å². The maximum atomic E-state index is 12.2. The van der Waals surface area contributed by atoms with Crippen molar-refractivity contribution in [2.45, 2.75) is 38.1 Å². The van der Waals surface area contributed by atoms with Crippen LogP contribution in [0, 0.1) is 0 Å². The molecular formula is C18H27N5O2. The predicted molar refractivity (Wildman–Crippen MR) is 96.4 cm³/mol. The number of hydrogen-bond donors (Lipinski definition) is 2. The molecule has 0 atom stereocenters. The van der Waals surface area contributed by atoms with Crippen LogP contribution in [0.1, 0.15) is 42.5 Å². The van der Waals surface area contributed by atoms with Crippen LogP contribution in [-0.2, 0) is 4.79 Å². The SMILES string of the molecule is NC(=O)c1cnccc1N1CCN(CC(=O)NC2CCCCC2)CC1. The molecular weight excluding hydrogens is 318 g/mol. The lowest BCUT2D eigenvalue weighted by Gasteiger charge is -2.36. The summed E-state index contributed by atoms with van der Waals surface area (Å²) >= 11 is 0. The van der Waals surface area contributed by atoms with Crippen LogP contribution in [0.15, 0.2) is 18.5 Å². The van der Waals surface area contributed by atoms with Gasteiger partial charge in [0.2, 0.25) is 5.91 Å². The van der Waals surface area contributed by atoms with E-state index in [-0.39, 0.29) is 5.91 Å². The van der Waals surface area contributed by atoms with E-state index in [1.807, 2.05) is 6.07 Å². The molecule has 1 aromatic heterocycles. The minimum atomic E-state index is -0.461. The zero-order valence-corrected chi connectivity index (χ0v) is 14.6. The van der Waals surface area contributed by atoms with Gasteiger partial charge in [0.25, 0.3) is 5.91 Å². The lowest BCUT2D eigenvalue weighted by atomic mass is 9.95. The Labute approximate surface area is 148 Å². The number of aromatic nitrogens is 1. The van der Waals surface area contributed by atoms with E-state index in [4.69, 9.17) is 5.73 Å². The van der Waals surface area contributed by atoms with Gasteiger partial charge in [-0.25, -0.2) is 0 Å². The van der Waals surface area contributed by atoms with E-state index in [1.165, 1.54) is 25.5 Å². The molecule has 1 saturated heterocycles. The molecule has 3 rings (SSSR count). The second-order valence-electron chi connectivity index (χ2n) is 6.92. The van der Waals surface area contributed by atoms with Crippen LogP contribution in [0.3, 0.4) is 0 Å². The Bertz CT molecular complexity index is 607. The number of hydrogen-bond acceptors (Lipinski definition) is 5. The number of piperazine rings is 1. The van der Waals surface area contributed by atoms with Gasteiger partial charge in [0.05, 0.1) is 17.8 Å². The zero-order chi connectivity index (χ0) is 17.6. The van der Waals surface area contributed by atoms with Gasteiger partial charge in [0, 0.05) is 44.6 Å². The van der Waals surface area contributed by atoms with Crippen LogP contribution >= 0.6 is 0 Å². The van der Waals surface area contributed by atoms with Crippen molar-refractivity contribution in [2.24, 2.45) is 5.73 Å². The molecule has 7 nitrogen and oxygen atoms in total. The summed E-state index contributed by atoms with van der Waals surface area (Å²) < 4.78 is 0. The Morgan fingerprint density at radius 3 is 2.56 bits per heavy atom. The first-order valence-electron chi connectivity index (χ1n) is 9.14. The number of amides is 2. The number of rotatable bonds is 5. The molecule has 0 radical (unpaired) electrons. The smallest absolute Gasteiger partial charge is 0.252 e. The van der Waals surface area contributed by atoms with Gasteiger partial charge in [0.15, 0.2) is 0 Å². The monoisotopic (exact) mass is 345 g/mol. The van der Waals surface area contributed by atoms with Crippen molar-refractivity contribution in [3.8, 4) is 0 Å². The second-order valence-corrected chi connectivity index (χ2v) is 6.92. The number of nitrogens with two attached hydrogens (primary N) is 1. The van der Waals surface area contributed by atoms with Gasteiger partial charge in [-0.2, -0.15) is 0 Å². The summed E-state index contributed by atoms with van der Waals surface area (Å²) in [5.41, 5.74) is 6.71. The molecule has 0 bridgehead atoms. The van der Waals surface area contributed by atoms with Crippen LogP contribution in [0.2, 0.25) is 0 Å². The fourth-order valence-electron chi connectivity index (χ4n) is 3.72. The zero-order valence-electron chi connectivity index (χ0n) is 14.6. The quantitative estimate of drug-likeness (QED) is 0.822. The highest BCUT2D eigenvalue weighted by Gasteiger charge is 2.23. The number of nitrogens with one attached hydrogen (secondary N) is 1. The van der Waals surface area contributed by atoms with Crippen molar-refractivity contribution < 1.29 is 9.59 Å². The summed E-state index contributed by atoms with van der Waals surface area (Å²) in [6, 6.07) is 2.18. The van der Waals surface area contributed by atoms with Crippen molar-refractivity contribution in [3.05, 3.63) is 24.0 Å². The van der Waals surface area contributed by atoms with Gasteiger partial charge < -0.3 is 16.0 Å². The van der Waals surface area contributed by atoms with Crippen LogP contribution in [0.4, 0.5) is 5.69 Å². The Balaban J connectivity index is 1.49. The standard InChI is InChI=1S/C18H27N5O2/c19-18(25)15-12-20-7-6-16(15)23-10-8-22(9-11-23)13-17(24)21-14-4-2-1-3-5-14/h6-7,12,14H,1-5,8-11,13H2,(H2,19,25)(H,21,24). The number of carbonyl (C=O) groups excluding carboxylic acids is 2. The summed E-state index contributed by atoms with van der Waals surface area (Å²) in [7, 11) is 0. The van der Waals surface area contributed by atoms with E-state index < -0.39 is 5.91 Å². The highest BCUT2D eigenvalue weighted by Crippen LogP contribution is 2.21. The molecule has 136 valence electrons. The Morgan fingerprint density at radius 1 is 1.16 bits per heavy atom. The van der Waals surface area contributed by atoms with Gasteiger partial charge in [0.1, 0.15) is 0 Å². The number of anilines is 1. The third-order valence-electron chi connectivity index (χ3n) is 5.11. The third-order valence-corrected chi connectivity index (χ3v) is 5.11. The topological polar surface area (TPSA) is 91.6 Å². The van der Waals surface area contributed by atoms with E-state index >= 15 is 0 Å². The average Bonchev–Trinajstić information content (AvgIpc) is 2.63. The molecule has 1 aromatic rings. The molecule has 3 N–H and O–H groups in total. The van der Waals surface area contributed by atoms with E-state index in [9.17, 15) is 9.59 Å². The van der Waals surface area contributed by atoms with Crippen molar-refractivity contribution in [3.63, 3.8) is 0 Å². The summed E-state index contributed by atoms with van der Waals surface area (Å²) in [5.74, 6) is -0.334. The number of nitrogens with zero attached hydrogens (tertiary/aromatic N) is 3. The molecule has 0 unspecified atom stereocenters. The molecule has 2 amide bonds. The molecule has 2 aliphatic rings. The maximum Gasteiger partial charge on any atom is 0.252 e. The largest absolute Gasteiger partial charge is 0.368 e. The van der Waals surface area contributed by atoms with Gasteiger partial charge in [-0.15, -0.1) is 0 Å². The minimum Gasteiger partial charge on any atom is -0.368 e.